The quantitative estimate of drug-likeness (QED) is 0.731. The zero-order valence-corrected chi connectivity index (χ0v) is 14.6. The first-order valence-electron chi connectivity index (χ1n) is 6.86. The Morgan fingerprint density at radius 1 is 1.40 bits per heavy atom. The van der Waals surface area contributed by atoms with Crippen LogP contribution in [0, 0.1) is 3.57 Å². The number of nitrogens with one attached hydrogen (secondary N) is 1. The molecular formula is C15H19ClIN3. The number of nitrogens with zero attached hydrogens (tertiary/aromatic N) is 2. The predicted octanol–water partition coefficient (Wildman–Crippen LogP) is 4.25. The van der Waals surface area contributed by atoms with Gasteiger partial charge in [-0.05, 0) is 59.3 Å². The first-order valence-corrected chi connectivity index (χ1v) is 8.32. The van der Waals surface area contributed by atoms with E-state index in [4.69, 9.17) is 11.6 Å². The van der Waals surface area contributed by atoms with Crippen LogP contribution in [0.25, 0.3) is 0 Å². The van der Waals surface area contributed by atoms with Crippen molar-refractivity contribution in [2.75, 3.05) is 6.54 Å². The number of hydrogen-bond donors (Lipinski definition) is 1. The van der Waals surface area contributed by atoms with Crippen molar-refractivity contribution in [3.63, 3.8) is 0 Å². The minimum atomic E-state index is 0.0761. The van der Waals surface area contributed by atoms with Gasteiger partial charge < -0.3 is 9.88 Å². The van der Waals surface area contributed by atoms with Gasteiger partial charge >= 0.3 is 0 Å². The van der Waals surface area contributed by atoms with Crippen molar-refractivity contribution in [1.82, 2.24) is 14.9 Å². The summed E-state index contributed by atoms with van der Waals surface area (Å²) in [6.45, 7) is 6.15. The van der Waals surface area contributed by atoms with Crippen LogP contribution in [0.5, 0.6) is 0 Å². The molecule has 5 heteroatoms. The van der Waals surface area contributed by atoms with Gasteiger partial charge in [-0.2, -0.15) is 0 Å². The lowest BCUT2D eigenvalue weighted by Crippen LogP contribution is -2.26. The third-order valence-electron chi connectivity index (χ3n) is 3.15. The van der Waals surface area contributed by atoms with Crippen LogP contribution in [0.4, 0.5) is 0 Å². The van der Waals surface area contributed by atoms with Gasteiger partial charge in [0.2, 0.25) is 0 Å². The number of halogens is 2. The van der Waals surface area contributed by atoms with Gasteiger partial charge in [-0.25, -0.2) is 4.98 Å². The summed E-state index contributed by atoms with van der Waals surface area (Å²) in [6.07, 6.45) is 5.00. The van der Waals surface area contributed by atoms with Crippen molar-refractivity contribution >= 4 is 34.2 Å². The van der Waals surface area contributed by atoms with E-state index in [9.17, 15) is 0 Å². The third-order valence-corrected chi connectivity index (χ3v) is 4.37. The number of rotatable bonds is 6. The fourth-order valence-electron chi connectivity index (χ4n) is 2.29. The minimum absolute atomic E-state index is 0.0761. The average molecular weight is 404 g/mol. The summed E-state index contributed by atoms with van der Waals surface area (Å²) in [5.41, 5.74) is 1.18. The highest BCUT2D eigenvalue weighted by Crippen LogP contribution is 2.28. The Hall–Kier alpha value is -0.590. The molecule has 0 radical (unpaired) electrons. The van der Waals surface area contributed by atoms with E-state index >= 15 is 0 Å². The highest BCUT2D eigenvalue weighted by Gasteiger charge is 2.20. The van der Waals surface area contributed by atoms with Crippen LogP contribution in [-0.2, 0) is 6.54 Å². The highest BCUT2D eigenvalue weighted by atomic mass is 127. The number of aryl methyl sites for hydroxylation is 1. The number of hydrogen-bond acceptors (Lipinski definition) is 2. The number of benzene rings is 1. The average Bonchev–Trinajstić information content (AvgIpc) is 2.88. The molecule has 1 aromatic heterocycles. The molecular weight excluding hydrogens is 385 g/mol. The van der Waals surface area contributed by atoms with Crippen molar-refractivity contribution in [3.05, 3.63) is 50.6 Å². The summed E-state index contributed by atoms with van der Waals surface area (Å²) in [7, 11) is 0. The molecule has 1 N–H and O–H groups in total. The molecule has 3 nitrogen and oxygen atoms in total. The van der Waals surface area contributed by atoms with Gasteiger partial charge in [0.05, 0.1) is 6.04 Å². The normalized spacial score (nSPS) is 12.6. The second-order valence-corrected chi connectivity index (χ2v) is 6.23. The SMILES string of the molecule is CCCn1ccnc1C(NCC)c1cc(Cl)ccc1I. The topological polar surface area (TPSA) is 29.9 Å². The Kier molecular flexibility index (Phi) is 5.86. The smallest absolute Gasteiger partial charge is 0.130 e. The van der Waals surface area contributed by atoms with Crippen molar-refractivity contribution in [2.45, 2.75) is 32.9 Å². The lowest BCUT2D eigenvalue weighted by Gasteiger charge is -2.21. The molecule has 1 heterocycles. The van der Waals surface area contributed by atoms with Crippen molar-refractivity contribution in [2.24, 2.45) is 0 Å². The second kappa shape index (κ2) is 7.43. The maximum atomic E-state index is 6.17. The number of aromatic nitrogens is 2. The molecule has 1 unspecified atom stereocenters. The Morgan fingerprint density at radius 3 is 2.90 bits per heavy atom. The monoisotopic (exact) mass is 403 g/mol. The second-order valence-electron chi connectivity index (χ2n) is 4.64. The largest absolute Gasteiger partial charge is 0.333 e. The third kappa shape index (κ3) is 3.54. The standard InChI is InChI=1S/C15H19ClIN3/c1-3-8-20-9-7-19-15(20)14(18-4-2)12-10-11(16)5-6-13(12)17/h5-7,9-10,14,18H,3-4,8H2,1-2H3. The summed E-state index contributed by atoms with van der Waals surface area (Å²) in [5, 5.41) is 4.28. The minimum Gasteiger partial charge on any atom is -0.333 e. The molecule has 0 fully saturated rings. The van der Waals surface area contributed by atoms with Crippen LogP contribution < -0.4 is 5.32 Å². The van der Waals surface area contributed by atoms with E-state index in [0.29, 0.717) is 0 Å². The van der Waals surface area contributed by atoms with E-state index in [1.165, 1.54) is 9.13 Å². The van der Waals surface area contributed by atoms with E-state index in [2.05, 4.69) is 57.4 Å². The molecule has 2 aromatic rings. The first-order chi connectivity index (χ1) is 9.67. The van der Waals surface area contributed by atoms with Crippen molar-refractivity contribution in [3.8, 4) is 0 Å². The maximum absolute atomic E-state index is 6.17. The first kappa shape index (κ1) is 15.8. The summed E-state index contributed by atoms with van der Waals surface area (Å²) in [5.74, 6) is 1.05. The van der Waals surface area contributed by atoms with Crippen LogP contribution in [0.3, 0.4) is 0 Å². The van der Waals surface area contributed by atoms with Crippen LogP contribution in [0.2, 0.25) is 5.02 Å². The predicted molar refractivity (Wildman–Crippen MR) is 92.2 cm³/mol. The molecule has 20 heavy (non-hydrogen) atoms. The molecule has 1 atom stereocenters. The van der Waals surface area contributed by atoms with Crippen LogP contribution in [0.15, 0.2) is 30.6 Å². The van der Waals surface area contributed by atoms with Gasteiger partial charge in [0.25, 0.3) is 0 Å². The van der Waals surface area contributed by atoms with Gasteiger partial charge in [0.1, 0.15) is 5.82 Å². The fourth-order valence-corrected chi connectivity index (χ4v) is 3.12. The molecule has 0 bridgehead atoms. The summed E-state index contributed by atoms with van der Waals surface area (Å²) >= 11 is 8.52. The Bertz CT molecular complexity index is 568. The summed E-state index contributed by atoms with van der Waals surface area (Å²) < 4.78 is 3.41. The molecule has 0 aliphatic heterocycles. The Balaban J connectivity index is 2.44. The molecule has 0 amide bonds. The lowest BCUT2D eigenvalue weighted by atomic mass is 10.1. The van der Waals surface area contributed by atoms with Gasteiger partial charge in [-0.1, -0.05) is 25.4 Å². The molecule has 0 spiro atoms. The molecule has 108 valence electrons. The van der Waals surface area contributed by atoms with Gasteiger partial charge in [-0.15, -0.1) is 0 Å². The molecule has 1 aromatic carbocycles. The van der Waals surface area contributed by atoms with E-state index in [-0.39, 0.29) is 6.04 Å². The van der Waals surface area contributed by atoms with Gasteiger partial charge in [0, 0.05) is 27.5 Å². The van der Waals surface area contributed by atoms with Crippen LogP contribution in [0.1, 0.15) is 37.7 Å². The Morgan fingerprint density at radius 2 is 2.20 bits per heavy atom. The maximum Gasteiger partial charge on any atom is 0.130 e. The van der Waals surface area contributed by atoms with Crippen LogP contribution >= 0.6 is 34.2 Å². The van der Waals surface area contributed by atoms with E-state index < -0.39 is 0 Å². The number of imidazole rings is 1. The van der Waals surface area contributed by atoms with E-state index in [0.717, 1.165) is 30.4 Å². The Labute approximate surface area is 138 Å². The van der Waals surface area contributed by atoms with Crippen molar-refractivity contribution in [1.29, 1.82) is 0 Å². The highest BCUT2D eigenvalue weighted by molar-refractivity contribution is 14.1. The van der Waals surface area contributed by atoms with E-state index in [1.54, 1.807) is 0 Å². The summed E-state index contributed by atoms with van der Waals surface area (Å²) in [6, 6.07) is 6.08. The zero-order valence-electron chi connectivity index (χ0n) is 11.7. The van der Waals surface area contributed by atoms with Gasteiger partial charge in [0.15, 0.2) is 0 Å². The van der Waals surface area contributed by atoms with Crippen LogP contribution in [-0.4, -0.2) is 16.1 Å². The fraction of sp³-hybridized carbons (Fsp3) is 0.400. The summed E-state index contributed by atoms with van der Waals surface area (Å²) in [4.78, 5) is 4.55. The van der Waals surface area contributed by atoms with Crippen molar-refractivity contribution < 1.29 is 0 Å². The lowest BCUT2D eigenvalue weighted by molar-refractivity contribution is 0.543. The molecule has 0 saturated carbocycles. The zero-order chi connectivity index (χ0) is 14.5. The molecule has 0 aliphatic carbocycles. The molecule has 2 rings (SSSR count). The molecule has 0 saturated heterocycles. The molecule has 0 aliphatic rings. The van der Waals surface area contributed by atoms with E-state index in [1.807, 2.05) is 24.5 Å². The van der Waals surface area contributed by atoms with Gasteiger partial charge in [-0.3, -0.25) is 0 Å².